The van der Waals surface area contributed by atoms with Crippen LogP contribution >= 0.6 is 0 Å². The number of carbonyl (C=O) groups excluding carboxylic acids is 2. The van der Waals surface area contributed by atoms with Crippen molar-refractivity contribution in [1.82, 2.24) is 0 Å². The van der Waals surface area contributed by atoms with E-state index in [9.17, 15) is 9.59 Å². The summed E-state index contributed by atoms with van der Waals surface area (Å²) >= 11 is 0. The summed E-state index contributed by atoms with van der Waals surface area (Å²) in [6.45, 7) is 9.72. The average Bonchev–Trinajstić information content (AvgIpc) is 2.26. The Morgan fingerprint density at radius 2 is 1.44 bits per heavy atom. The summed E-state index contributed by atoms with van der Waals surface area (Å²) in [5, 5.41) is 0. The first kappa shape index (κ1) is 16.9. The topological polar surface area (TPSA) is 52.6 Å². The number of hydrogen-bond acceptors (Lipinski definition) is 4. The Bertz CT molecular complexity index is 261. The van der Waals surface area contributed by atoms with Crippen molar-refractivity contribution < 1.29 is 19.1 Å². The Balaban J connectivity index is 3.81. The fraction of sp³-hybridized carbons (Fsp3) is 0.857. The van der Waals surface area contributed by atoms with E-state index in [0.717, 1.165) is 12.8 Å². The zero-order chi connectivity index (χ0) is 14.1. The summed E-state index contributed by atoms with van der Waals surface area (Å²) in [5.41, 5.74) is 0. The Hall–Kier alpha value is -1.06. The molecule has 0 fully saturated rings. The monoisotopic (exact) mass is 258 g/mol. The van der Waals surface area contributed by atoms with Crippen molar-refractivity contribution in [2.45, 2.75) is 72.5 Å². The standard InChI is InChI=1S/C14H26O4/c1-6-7-11(4)17-13(15)8-9-14(16)18-12(5)10(2)3/h10-12H,6-9H2,1-5H3. The van der Waals surface area contributed by atoms with Gasteiger partial charge < -0.3 is 9.47 Å². The van der Waals surface area contributed by atoms with Crippen LogP contribution in [0.15, 0.2) is 0 Å². The van der Waals surface area contributed by atoms with E-state index in [4.69, 9.17) is 9.47 Å². The van der Waals surface area contributed by atoms with Crippen molar-refractivity contribution in [2.24, 2.45) is 5.92 Å². The summed E-state index contributed by atoms with van der Waals surface area (Å²) in [6, 6.07) is 0. The van der Waals surface area contributed by atoms with Crippen LogP contribution in [0.4, 0.5) is 0 Å². The van der Waals surface area contributed by atoms with Gasteiger partial charge in [-0.05, 0) is 26.2 Å². The van der Waals surface area contributed by atoms with Gasteiger partial charge in [0, 0.05) is 0 Å². The molecule has 0 amide bonds. The lowest BCUT2D eigenvalue weighted by Crippen LogP contribution is -2.21. The number of rotatable bonds is 8. The molecule has 4 nitrogen and oxygen atoms in total. The van der Waals surface area contributed by atoms with E-state index in [1.54, 1.807) is 0 Å². The largest absolute Gasteiger partial charge is 0.463 e. The fourth-order valence-electron chi connectivity index (χ4n) is 1.36. The number of carbonyl (C=O) groups is 2. The Morgan fingerprint density at radius 1 is 0.944 bits per heavy atom. The van der Waals surface area contributed by atoms with Crippen LogP contribution < -0.4 is 0 Å². The molecule has 0 saturated heterocycles. The van der Waals surface area contributed by atoms with Gasteiger partial charge >= 0.3 is 11.9 Å². The van der Waals surface area contributed by atoms with Gasteiger partial charge in [0.25, 0.3) is 0 Å². The lowest BCUT2D eigenvalue weighted by atomic mass is 10.1. The second kappa shape index (κ2) is 8.95. The third kappa shape index (κ3) is 8.09. The molecule has 2 unspecified atom stereocenters. The van der Waals surface area contributed by atoms with E-state index >= 15 is 0 Å². The zero-order valence-electron chi connectivity index (χ0n) is 12.2. The van der Waals surface area contributed by atoms with Gasteiger partial charge in [-0.3, -0.25) is 9.59 Å². The van der Waals surface area contributed by atoms with Crippen LogP contribution in [0.5, 0.6) is 0 Å². The summed E-state index contributed by atoms with van der Waals surface area (Å²) in [5.74, 6) is -0.383. The van der Waals surface area contributed by atoms with Gasteiger partial charge in [0.2, 0.25) is 0 Å². The molecule has 106 valence electrons. The molecule has 0 aromatic heterocycles. The van der Waals surface area contributed by atoms with E-state index in [-0.39, 0.29) is 42.9 Å². The van der Waals surface area contributed by atoms with Crippen molar-refractivity contribution in [2.75, 3.05) is 0 Å². The molecule has 0 aromatic carbocycles. The lowest BCUT2D eigenvalue weighted by Gasteiger charge is -2.16. The molecule has 0 radical (unpaired) electrons. The molecule has 0 rings (SSSR count). The van der Waals surface area contributed by atoms with Gasteiger partial charge in [-0.2, -0.15) is 0 Å². The lowest BCUT2D eigenvalue weighted by molar-refractivity contribution is -0.156. The highest BCUT2D eigenvalue weighted by atomic mass is 16.5. The van der Waals surface area contributed by atoms with Gasteiger partial charge in [-0.15, -0.1) is 0 Å². The van der Waals surface area contributed by atoms with E-state index in [1.807, 2.05) is 34.6 Å². The van der Waals surface area contributed by atoms with Crippen LogP contribution in [0.25, 0.3) is 0 Å². The smallest absolute Gasteiger partial charge is 0.306 e. The van der Waals surface area contributed by atoms with Gasteiger partial charge in [0.05, 0.1) is 18.9 Å². The average molecular weight is 258 g/mol. The predicted molar refractivity (Wildman–Crippen MR) is 70.1 cm³/mol. The van der Waals surface area contributed by atoms with E-state index < -0.39 is 0 Å². The van der Waals surface area contributed by atoms with Gasteiger partial charge in [0.15, 0.2) is 0 Å². The van der Waals surface area contributed by atoms with Gasteiger partial charge in [-0.25, -0.2) is 0 Å². The minimum absolute atomic E-state index is 0.0758. The minimum atomic E-state index is -0.337. The third-order valence-corrected chi connectivity index (χ3v) is 2.82. The summed E-state index contributed by atoms with van der Waals surface area (Å²) in [7, 11) is 0. The predicted octanol–water partition coefficient (Wildman–Crippen LogP) is 3.09. The molecular formula is C14H26O4. The number of hydrogen-bond donors (Lipinski definition) is 0. The number of esters is 2. The van der Waals surface area contributed by atoms with Crippen LogP contribution in [-0.2, 0) is 19.1 Å². The first-order valence-corrected chi connectivity index (χ1v) is 6.75. The molecule has 0 aliphatic rings. The molecule has 0 aliphatic heterocycles. The molecule has 0 aliphatic carbocycles. The molecule has 0 aromatic rings. The minimum Gasteiger partial charge on any atom is -0.463 e. The Morgan fingerprint density at radius 3 is 1.89 bits per heavy atom. The summed E-state index contributed by atoms with van der Waals surface area (Å²) < 4.78 is 10.3. The SMILES string of the molecule is CCCC(C)OC(=O)CCC(=O)OC(C)C(C)C. The first-order chi connectivity index (χ1) is 8.36. The normalized spacial score (nSPS) is 14.1. The summed E-state index contributed by atoms with van der Waals surface area (Å²) in [6.07, 6.45) is 1.82. The highest BCUT2D eigenvalue weighted by molar-refractivity contribution is 5.77. The van der Waals surface area contributed by atoms with Crippen molar-refractivity contribution in [3.63, 3.8) is 0 Å². The molecule has 0 saturated carbocycles. The van der Waals surface area contributed by atoms with Gasteiger partial charge in [-0.1, -0.05) is 27.2 Å². The molecule has 4 heteroatoms. The van der Waals surface area contributed by atoms with Crippen LogP contribution in [0, 0.1) is 5.92 Å². The quantitative estimate of drug-likeness (QED) is 0.628. The van der Waals surface area contributed by atoms with Crippen molar-refractivity contribution in [3.05, 3.63) is 0 Å². The Labute approximate surface area is 110 Å². The molecule has 0 N–H and O–H groups in total. The number of ether oxygens (including phenoxy) is 2. The molecule has 0 heterocycles. The van der Waals surface area contributed by atoms with E-state index in [1.165, 1.54) is 0 Å². The second-order valence-electron chi connectivity index (χ2n) is 5.03. The third-order valence-electron chi connectivity index (χ3n) is 2.82. The molecular weight excluding hydrogens is 232 g/mol. The molecule has 0 spiro atoms. The molecule has 2 atom stereocenters. The highest BCUT2D eigenvalue weighted by Gasteiger charge is 2.15. The summed E-state index contributed by atoms with van der Waals surface area (Å²) in [4.78, 5) is 22.9. The highest BCUT2D eigenvalue weighted by Crippen LogP contribution is 2.08. The van der Waals surface area contributed by atoms with Crippen LogP contribution in [0.1, 0.15) is 60.3 Å². The van der Waals surface area contributed by atoms with Crippen LogP contribution in [0.3, 0.4) is 0 Å². The maximum Gasteiger partial charge on any atom is 0.306 e. The zero-order valence-corrected chi connectivity index (χ0v) is 12.2. The van der Waals surface area contributed by atoms with Gasteiger partial charge in [0.1, 0.15) is 6.10 Å². The first-order valence-electron chi connectivity index (χ1n) is 6.75. The van der Waals surface area contributed by atoms with Crippen molar-refractivity contribution >= 4 is 11.9 Å². The van der Waals surface area contributed by atoms with Crippen molar-refractivity contribution in [3.8, 4) is 0 Å². The fourth-order valence-corrected chi connectivity index (χ4v) is 1.36. The second-order valence-corrected chi connectivity index (χ2v) is 5.03. The van der Waals surface area contributed by atoms with Crippen LogP contribution in [0.2, 0.25) is 0 Å². The Kier molecular flexibility index (Phi) is 8.42. The molecule has 18 heavy (non-hydrogen) atoms. The maximum absolute atomic E-state index is 11.4. The molecule has 0 bridgehead atoms. The van der Waals surface area contributed by atoms with E-state index in [2.05, 4.69) is 0 Å². The van der Waals surface area contributed by atoms with Crippen molar-refractivity contribution in [1.29, 1.82) is 0 Å². The van der Waals surface area contributed by atoms with E-state index in [0.29, 0.717) is 0 Å². The maximum atomic E-state index is 11.4. The van der Waals surface area contributed by atoms with Crippen LogP contribution in [-0.4, -0.2) is 24.1 Å².